The number of Topliss-reactive ketones (excluding diaryl/α,β-unsaturated/α-hetero) is 1. The summed E-state index contributed by atoms with van der Waals surface area (Å²) in [5, 5.41) is 0. The number of piperidine rings is 1. The van der Waals surface area contributed by atoms with E-state index < -0.39 is 10.0 Å². The molecule has 1 rings (SSSR count). The van der Waals surface area contributed by atoms with Crippen molar-refractivity contribution in [2.45, 2.75) is 33.6 Å². The highest BCUT2D eigenvalue weighted by molar-refractivity contribution is 7.88. The molecule has 1 saturated heterocycles. The van der Waals surface area contributed by atoms with Crippen molar-refractivity contribution >= 4 is 15.8 Å². The SMILES string of the molecule is CC.CC(=O)C1CCN(S(C)(=O)=O)CC1. The normalized spacial score (nSPS) is 19.2. The molecule has 0 bridgehead atoms. The molecule has 1 fully saturated rings. The molecule has 0 aromatic rings. The lowest BCUT2D eigenvalue weighted by Gasteiger charge is -2.28. The molecule has 1 heterocycles. The Bertz CT molecular complexity index is 290. The molecule has 0 radical (unpaired) electrons. The zero-order chi connectivity index (χ0) is 12.1. The molecule has 1 aliphatic heterocycles. The molecule has 0 N–H and O–H groups in total. The van der Waals surface area contributed by atoms with Crippen LogP contribution < -0.4 is 0 Å². The van der Waals surface area contributed by atoms with Crippen LogP contribution >= 0.6 is 0 Å². The molecule has 0 aromatic heterocycles. The molecule has 0 unspecified atom stereocenters. The van der Waals surface area contributed by atoms with E-state index in [0.717, 1.165) is 0 Å². The standard InChI is InChI=1S/C8H15NO3S.C2H6/c1-7(10)8-3-5-9(6-4-8)13(2,11)12;1-2/h8H,3-6H2,1-2H3;1-2H3. The van der Waals surface area contributed by atoms with Gasteiger partial charge in [0, 0.05) is 19.0 Å². The summed E-state index contributed by atoms with van der Waals surface area (Å²) in [6, 6.07) is 0. The average molecular weight is 235 g/mol. The minimum atomic E-state index is -3.05. The third-order valence-electron chi connectivity index (χ3n) is 2.50. The van der Waals surface area contributed by atoms with Gasteiger partial charge in [0.25, 0.3) is 0 Å². The van der Waals surface area contributed by atoms with Gasteiger partial charge in [-0.2, -0.15) is 0 Å². The fraction of sp³-hybridized carbons (Fsp3) is 0.900. The van der Waals surface area contributed by atoms with Crippen LogP contribution in [0.25, 0.3) is 0 Å². The van der Waals surface area contributed by atoms with Crippen molar-refractivity contribution in [2.24, 2.45) is 5.92 Å². The highest BCUT2D eigenvalue weighted by Crippen LogP contribution is 2.19. The Kier molecular flexibility index (Phi) is 6.05. The molecule has 15 heavy (non-hydrogen) atoms. The fourth-order valence-corrected chi connectivity index (χ4v) is 2.47. The lowest BCUT2D eigenvalue weighted by atomic mass is 9.95. The minimum absolute atomic E-state index is 0.0676. The second-order valence-corrected chi connectivity index (χ2v) is 5.53. The number of ketones is 1. The summed E-state index contributed by atoms with van der Waals surface area (Å²) in [4.78, 5) is 11.0. The summed E-state index contributed by atoms with van der Waals surface area (Å²) >= 11 is 0. The molecule has 90 valence electrons. The Morgan fingerprint density at radius 2 is 1.60 bits per heavy atom. The Balaban J connectivity index is 0.000000921. The predicted octanol–water partition coefficient (Wildman–Crippen LogP) is 1.27. The van der Waals surface area contributed by atoms with Crippen molar-refractivity contribution in [3.05, 3.63) is 0 Å². The number of hydrogen-bond acceptors (Lipinski definition) is 3. The molecule has 5 heteroatoms. The summed E-state index contributed by atoms with van der Waals surface area (Å²) < 4.78 is 23.6. The van der Waals surface area contributed by atoms with Crippen LogP contribution in [0.2, 0.25) is 0 Å². The number of rotatable bonds is 2. The van der Waals surface area contributed by atoms with Crippen LogP contribution in [0.15, 0.2) is 0 Å². The predicted molar refractivity (Wildman–Crippen MR) is 61.2 cm³/mol. The molecule has 0 aliphatic carbocycles. The van der Waals surface area contributed by atoms with E-state index in [4.69, 9.17) is 0 Å². The maximum atomic E-state index is 11.1. The first-order valence-corrected chi connectivity index (χ1v) is 7.21. The van der Waals surface area contributed by atoms with E-state index in [9.17, 15) is 13.2 Å². The van der Waals surface area contributed by atoms with Crippen LogP contribution in [0.5, 0.6) is 0 Å². The molecule has 0 spiro atoms. The van der Waals surface area contributed by atoms with Gasteiger partial charge in [-0.15, -0.1) is 0 Å². The zero-order valence-corrected chi connectivity index (χ0v) is 10.8. The average Bonchev–Trinajstić information content (AvgIpc) is 2.20. The number of carbonyl (C=O) groups excluding carboxylic acids is 1. The van der Waals surface area contributed by atoms with E-state index in [1.54, 1.807) is 6.92 Å². The number of carbonyl (C=O) groups is 1. The Morgan fingerprint density at radius 1 is 1.20 bits per heavy atom. The zero-order valence-electron chi connectivity index (χ0n) is 9.99. The highest BCUT2D eigenvalue weighted by Gasteiger charge is 2.26. The topological polar surface area (TPSA) is 54.5 Å². The lowest BCUT2D eigenvalue weighted by Crippen LogP contribution is -2.39. The van der Waals surface area contributed by atoms with Gasteiger partial charge in [0.05, 0.1) is 6.26 Å². The first-order chi connectivity index (χ1) is 6.91. The molecular formula is C10H21NO3S. The highest BCUT2D eigenvalue weighted by atomic mass is 32.2. The summed E-state index contributed by atoms with van der Waals surface area (Å²) in [7, 11) is -3.05. The summed E-state index contributed by atoms with van der Waals surface area (Å²) in [5.41, 5.74) is 0. The van der Waals surface area contributed by atoms with Gasteiger partial charge in [-0.1, -0.05) is 13.8 Å². The smallest absolute Gasteiger partial charge is 0.211 e. The molecular weight excluding hydrogens is 214 g/mol. The van der Waals surface area contributed by atoms with E-state index in [1.165, 1.54) is 10.6 Å². The van der Waals surface area contributed by atoms with Gasteiger partial charge in [-0.25, -0.2) is 12.7 Å². The van der Waals surface area contributed by atoms with Gasteiger partial charge in [0.15, 0.2) is 0 Å². The summed E-state index contributed by atoms with van der Waals surface area (Å²) in [6.07, 6.45) is 2.55. The van der Waals surface area contributed by atoms with Gasteiger partial charge < -0.3 is 0 Å². The van der Waals surface area contributed by atoms with Crippen LogP contribution in [0.1, 0.15) is 33.6 Å². The number of sulfonamides is 1. The van der Waals surface area contributed by atoms with Crippen LogP contribution in [0.3, 0.4) is 0 Å². The maximum absolute atomic E-state index is 11.1. The van der Waals surface area contributed by atoms with Crippen molar-refractivity contribution in [3.8, 4) is 0 Å². The molecule has 0 saturated carbocycles. The van der Waals surface area contributed by atoms with Crippen LogP contribution in [0.4, 0.5) is 0 Å². The van der Waals surface area contributed by atoms with Gasteiger partial charge >= 0.3 is 0 Å². The van der Waals surface area contributed by atoms with Gasteiger partial charge in [0.2, 0.25) is 10.0 Å². The quantitative estimate of drug-likeness (QED) is 0.724. The largest absolute Gasteiger partial charge is 0.300 e. The van der Waals surface area contributed by atoms with Gasteiger partial charge in [0.1, 0.15) is 5.78 Å². The van der Waals surface area contributed by atoms with E-state index in [1.807, 2.05) is 13.8 Å². The molecule has 0 amide bonds. The number of nitrogens with zero attached hydrogens (tertiary/aromatic N) is 1. The second kappa shape index (κ2) is 6.23. The van der Waals surface area contributed by atoms with E-state index >= 15 is 0 Å². The second-order valence-electron chi connectivity index (χ2n) is 3.55. The summed E-state index contributed by atoms with van der Waals surface area (Å²) in [5.74, 6) is 0.242. The van der Waals surface area contributed by atoms with Crippen molar-refractivity contribution in [3.63, 3.8) is 0 Å². The van der Waals surface area contributed by atoms with Crippen LogP contribution in [0, 0.1) is 5.92 Å². The Labute approximate surface area is 92.7 Å². The summed E-state index contributed by atoms with van der Waals surface area (Å²) in [6.45, 7) is 6.55. The van der Waals surface area contributed by atoms with Crippen LogP contribution in [-0.4, -0.2) is 37.9 Å². The van der Waals surface area contributed by atoms with Gasteiger partial charge in [-0.05, 0) is 19.8 Å². The molecule has 0 atom stereocenters. The van der Waals surface area contributed by atoms with E-state index in [-0.39, 0.29) is 11.7 Å². The molecule has 4 nitrogen and oxygen atoms in total. The maximum Gasteiger partial charge on any atom is 0.211 e. The fourth-order valence-electron chi connectivity index (χ4n) is 1.59. The van der Waals surface area contributed by atoms with Crippen molar-refractivity contribution in [1.82, 2.24) is 4.31 Å². The lowest BCUT2D eigenvalue weighted by molar-refractivity contribution is -0.121. The van der Waals surface area contributed by atoms with Crippen molar-refractivity contribution in [1.29, 1.82) is 0 Å². The van der Waals surface area contributed by atoms with Crippen molar-refractivity contribution < 1.29 is 13.2 Å². The van der Waals surface area contributed by atoms with E-state index in [2.05, 4.69) is 0 Å². The third-order valence-corrected chi connectivity index (χ3v) is 3.80. The monoisotopic (exact) mass is 235 g/mol. The third kappa shape index (κ3) is 4.75. The van der Waals surface area contributed by atoms with Gasteiger partial charge in [-0.3, -0.25) is 4.79 Å². The Hall–Kier alpha value is -0.420. The molecule has 0 aromatic carbocycles. The first kappa shape index (κ1) is 14.6. The van der Waals surface area contributed by atoms with Crippen LogP contribution in [-0.2, 0) is 14.8 Å². The Morgan fingerprint density at radius 3 is 1.87 bits per heavy atom. The van der Waals surface area contributed by atoms with Crippen molar-refractivity contribution in [2.75, 3.05) is 19.3 Å². The minimum Gasteiger partial charge on any atom is -0.300 e. The number of hydrogen-bond donors (Lipinski definition) is 0. The van der Waals surface area contributed by atoms with E-state index in [0.29, 0.717) is 25.9 Å². The molecule has 1 aliphatic rings. The first-order valence-electron chi connectivity index (χ1n) is 5.37.